The van der Waals surface area contributed by atoms with E-state index in [0.717, 1.165) is 34.6 Å². The van der Waals surface area contributed by atoms with Crippen molar-refractivity contribution in [1.82, 2.24) is 14.9 Å². The van der Waals surface area contributed by atoms with Gasteiger partial charge in [-0.2, -0.15) is 0 Å². The molecule has 4 rings (SSSR count). The summed E-state index contributed by atoms with van der Waals surface area (Å²) >= 11 is 3.49. The molecule has 4 nitrogen and oxygen atoms in total. The lowest BCUT2D eigenvalue weighted by Crippen LogP contribution is -2.36. The van der Waals surface area contributed by atoms with E-state index >= 15 is 0 Å². The third-order valence-electron chi connectivity index (χ3n) is 5.24. The predicted octanol–water partition coefficient (Wildman–Crippen LogP) is 3.85. The van der Waals surface area contributed by atoms with E-state index in [4.69, 9.17) is 0 Å². The largest absolute Gasteiger partial charge is 0.368 e. The van der Waals surface area contributed by atoms with Crippen LogP contribution in [-0.2, 0) is 0 Å². The molecule has 0 N–H and O–H groups in total. The first-order valence-corrected chi connectivity index (χ1v) is 9.50. The highest BCUT2D eigenvalue weighted by atomic mass is 79.9. The van der Waals surface area contributed by atoms with Crippen molar-refractivity contribution in [2.75, 3.05) is 31.1 Å². The Morgan fingerprint density at radius 2 is 1.87 bits per heavy atom. The molecule has 122 valence electrons. The summed E-state index contributed by atoms with van der Waals surface area (Å²) in [5.41, 5.74) is 3.22. The maximum Gasteiger partial charge on any atom is 0.112 e. The molecule has 1 aliphatic carbocycles. The Labute approximate surface area is 146 Å². The number of anilines is 1. The van der Waals surface area contributed by atoms with Gasteiger partial charge in [0.1, 0.15) is 5.52 Å². The van der Waals surface area contributed by atoms with Crippen molar-refractivity contribution >= 4 is 32.7 Å². The van der Waals surface area contributed by atoms with Gasteiger partial charge in [-0.15, -0.1) is 0 Å². The van der Waals surface area contributed by atoms with Crippen LogP contribution in [0.4, 0.5) is 5.69 Å². The fourth-order valence-electron chi connectivity index (χ4n) is 4.06. The Bertz CT molecular complexity index is 684. The summed E-state index contributed by atoms with van der Waals surface area (Å²) in [5.74, 6) is 0. The molecule has 1 saturated heterocycles. The van der Waals surface area contributed by atoms with Gasteiger partial charge in [-0.25, -0.2) is 0 Å². The van der Waals surface area contributed by atoms with Crippen LogP contribution in [-0.4, -0.2) is 47.1 Å². The quantitative estimate of drug-likeness (QED) is 0.798. The molecule has 5 heteroatoms. The van der Waals surface area contributed by atoms with E-state index in [2.05, 4.69) is 47.8 Å². The number of hydrogen-bond donors (Lipinski definition) is 0. The van der Waals surface area contributed by atoms with Gasteiger partial charge in [0.15, 0.2) is 0 Å². The van der Waals surface area contributed by atoms with Crippen molar-refractivity contribution in [1.29, 1.82) is 0 Å². The topological polar surface area (TPSA) is 32.3 Å². The van der Waals surface area contributed by atoms with Crippen LogP contribution in [0.5, 0.6) is 0 Å². The molecule has 2 aliphatic rings. The van der Waals surface area contributed by atoms with Gasteiger partial charge in [-0.05, 0) is 47.3 Å². The first kappa shape index (κ1) is 15.3. The number of nitrogens with zero attached hydrogens (tertiary/aromatic N) is 4. The van der Waals surface area contributed by atoms with E-state index in [1.807, 2.05) is 12.4 Å². The van der Waals surface area contributed by atoms with Crippen LogP contribution < -0.4 is 4.90 Å². The summed E-state index contributed by atoms with van der Waals surface area (Å²) < 4.78 is 0.984. The van der Waals surface area contributed by atoms with Crippen molar-refractivity contribution < 1.29 is 0 Å². The van der Waals surface area contributed by atoms with Crippen LogP contribution in [0.1, 0.15) is 32.1 Å². The average Bonchev–Trinajstić information content (AvgIpc) is 2.99. The van der Waals surface area contributed by atoms with E-state index in [1.54, 1.807) is 0 Å². The van der Waals surface area contributed by atoms with Gasteiger partial charge in [-0.3, -0.25) is 14.9 Å². The van der Waals surface area contributed by atoms with Gasteiger partial charge in [0, 0.05) is 49.1 Å². The van der Waals surface area contributed by atoms with Gasteiger partial charge >= 0.3 is 0 Å². The van der Waals surface area contributed by atoms with Crippen LogP contribution in [0, 0.1) is 0 Å². The number of pyridine rings is 2. The SMILES string of the molecule is Brc1cnc2c(N3CCCN(C4CCCC4)CC3)ccnc2c1. The summed E-state index contributed by atoms with van der Waals surface area (Å²) in [6.45, 7) is 4.61. The summed E-state index contributed by atoms with van der Waals surface area (Å²) in [6.07, 6.45) is 10.6. The molecule has 1 saturated carbocycles. The molecule has 0 bridgehead atoms. The van der Waals surface area contributed by atoms with Gasteiger partial charge in [0.05, 0.1) is 11.2 Å². The molecule has 0 amide bonds. The van der Waals surface area contributed by atoms with Crippen molar-refractivity contribution in [3.8, 4) is 0 Å². The first-order valence-electron chi connectivity index (χ1n) is 8.70. The molecule has 3 heterocycles. The lowest BCUT2D eigenvalue weighted by molar-refractivity contribution is 0.213. The molecule has 0 aromatic carbocycles. The first-order chi connectivity index (χ1) is 11.3. The van der Waals surface area contributed by atoms with E-state index < -0.39 is 0 Å². The third kappa shape index (κ3) is 3.22. The summed E-state index contributed by atoms with van der Waals surface area (Å²) in [4.78, 5) is 14.3. The smallest absolute Gasteiger partial charge is 0.112 e. The number of halogens is 1. The second-order valence-electron chi connectivity index (χ2n) is 6.67. The fraction of sp³-hybridized carbons (Fsp3) is 0.556. The zero-order valence-electron chi connectivity index (χ0n) is 13.4. The van der Waals surface area contributed by atoms with Gasteiger partial charge < -0.3 is 4.90 Å². The molecule has 2 aromatic heterocycles. The summed E-state index contributed by atoms with van der Waals surface area (Å²) in [6, 6.07) is 5.00. The normalized spacial score (nSPS) is 21.0. The van der Waals surface area contributed by atoms with Gasteiger partial charge in [0.25, 0.3) is 0 Å². The van der Waals surface area contributed by atoms with Crippen LogP contribution >= 0.6 is 15.9 Å². The zero-order chi connectivity index (χ0) is 15.6. The third-order valence-corrected chi connectivity index (χ3v) is 5.67. The molecule has 23 heavy (non-hydrogen) atoms. The zero-order valence-corrected chi connectivity index (χ0v) is 15.0. The molecular formula is C18H23BrN4. The summed E-state index contributed by atoms with van der Waals surface area (Å²) in [5, 5.41) is 0. The van der Waals surface area contributed by atoms with Crippen molar-refractivity contribution in [3.63, 3.8) is 0 Å². The predicted molar refractivity (Wildman–Crippen MR) is 97.9 cm³/mol. The molecule has 0 atom stereocenters. The highest BCUT2D eigenvalue weighted by Gasteiger charge is 2.25. The minimum absolute atomic E-state index is 0.832. The van der Waals surface area contributed by atoms with Crippen molar-refractivity contribution in [2.24, 2.45) is 0 Å². The number of aromatic nitrogens is 2. The van der Waals surface area contributed by atoms with Crippen LogP contribution in [0.2, 0.25) is 0 Å². The fourth-order valence-corrected chi connectivity index (χ4v) is 4.38. The minimum atomic E-state index is 0.832. The van der Waals surface area contributed by atoms with Gasteiger partial charge in [0.2, 0.25) is 0 Å². The molecule has 0 unspecified atom stereocenters. The lowest BCUT2D eigenvalue weighted by Gasteiger charge is -2.28. The van der Waals surface area contributed by atoms with Crippen molar-refractivity contribution in [3.05, 3.63) is 29.0 Å². The lowest BCUT2D eigenvalue weighted by atomic mass is 10.2. The van der Waals surface area contributed by atoms with E-state index in [1.165, 1.54) is 50.9 Å². The highest BCUT2D eigenvalue weighted by molar-refractivity contribution is 9.10. The van der Waals surface area contributed by atoms with Crippen LogP contribution in [0.25, 0.3) is 11.0 Å². The Morgan fingerprint density at radius 1 is 1.00 bits per heavy atom. The standard InChI is InChI=1S/C18H23BrN4/c19-14-12-16-18(21-13-14)17(6-7-20-16)23-9-3-8-22(10-11-23)15-4-1-2-5-15/h6-7,12-13,15H,1-5,8-11H2. The molecule has 0 radical (unpaired) electrons. The average molecular weight is 375 g/mol. The Kier molecular flexibility index (Phi) is 4.49. The number of fused-ring (bicyclic) bond motifs is 1. The van der Waals surface area contributed by atoms with E-state index in [9.17, 15) is 0 Å². The monoisotopic (exact) mass is 374 g/mol. The maximum absolute atomic E-state index is 4.62. The molecule has 0 spiro atoms. The molecule has 1 aliphatic heterocycles. The summed E-state index contributed by atoms with van der Waals surface area (Å²) in [7, 11) is 0. The van der Waals surface area contributed by atoms with Crippen molar-refractivity contribution in [2.45, 2.75) is 38.1 Å². The number of rotatable bonds is 2. The second-order valence-corrected chi connectivity index (χ2v) is 7.58. The Morgan fingerprint density at radius 3 is 2.74 bits per heavy atom. The Balaban J connectivity index is 1.56. The minimum Gasteiger partial charge on any atom is -0.368 e. The van der Waals surface area contributed by atoms with Gasteiger partial charge in [-0.1, -0.05) is 12.8 Å². The van der Waals surface area contributed by atoms with Crippen LogP contribution in [0.3, 0.4) is 0 Å². The van der Waals surface area contributed by atoms with Crippen LogP contribution in [0.15, 0.2) is 29.0 Å². The number of hydrogen-bond acceptors (Lipinski definition) is 4. The highest BCUT2D eigenvalue weighted by Crippen LogP contribution is 2.28. The molecule has 2 fully saturated rings. The molecule has 2 aromatic rings. The maximum atomic E-state index is 4.62. The Hall–Kier alpha value is -1.20. The van der Waals surface area contributed by atoms with E-state index in [0.29, 0.717) is 0 Å². The second kappa shape index (κ2) is 6.73. The molecular weight excluding hydrogens is 352 g/mol. The van der Waals surface area contributed by atoms with E-state index in [-0.39, 0.29) is 0 Å².